The van der Waals surface area contributed by atoms with Crippen LogP contribution in [-0.2, 0) is 12.7 Å². The van der Waals surface area contributed by atoms with Crippen LogP contribution in [0.1, 0.15) is 45.7 Å². The topological polar surface area (TPSA) is 86.0 Å². The highest BCUT2D eigenvalue weighted by atomic mass is 19.4. The number of hydrogen-bond donors (Lipinski definition) is 1. The second-order valence-electron chi connectivity index (χ2n) is 8.58. The van der Waals surface area contributed by atoms with Gasteiger partial charge in [0, 0.05) is 0 Å². The summed E-state index contributed by atoms with van der Waals surface area (Å²) in [6.07, 6.45) is -4.60. The van der Waals surface area contributed by atoms with Crippen LogP contribution >= 0.6 is 0 Å². The lowest BCUT2D eigenvalue weighted by Gasteiger charge is -2.16. The first kappa shape index (κ1) is 25.6. The van der Waals surface area contributed by atoms with E-state index in [0.717, 1.165) is 27.9 Å². The largest absolute Gasteiger partial charge is 0.416 e. The van der Waals surface area contributed by atoms with Crippen molar-refractivity contribution < 1.29 is 18.0 Å². The molecule has 0 spiro atoms. The smallest absolute Gasteiger partial charge is 0.344 e. The van der Waals surface area contributed by atoms with Gasteiger partial charge in [0.05, 0.1) is 23.8 Å². The van der Waals surface area contributed by atoms with Gasteiger partial charge in [0.15, 0.2) is 0 Å². The second kappa shape index (κ2) is 10.3. The summed E-state index contributed by atoms with van der Waals surface area (Å²) in [6.45, 7) is 3.04. The quantitative estimate of drug-likeness (QED) is 0.422. The summed E-state index contributed by atoms with van der Waals surface area (Å²) < 4.78 is 41.3. The molecule has 0 aliphatic heterocycles. The van der Waals surface area contributed by atoms with Crippen molar-refractivity contribution >= 4 is 5.91 Å². The Kier molecular flexibility index (Phi) is 7.10. The molecule has 0 unspecified atom stereocenters. The first-order valence-electron chi connectivity index (χ1n) is 11.4. The number of nitrogens with one attached hydrogen (secondary N) is 1. The Morgan fingerprint density at radius 2 is 1.68 bits per heavy atom. The van der Waals surface area contributed by atoms with Gasteiger partial charge in [0.1, 0.15) is 0 Å². The average Bonchev–Trinajstić information content (AvgIpc) is 2.86. The number of rotatable bonds is 6. The highest BCUT2D eigenvalue weighted by Crippen LogP contribution is 2.29. The Labute approximate surface area is 209 Å². The minimum absolute atomic E-state index is 0.0695. The van der Waals surface area contributed by atoms with Crippen LogP contribution in [0.25, 0.3) is 5.69 Å². The summed E-state index contributed by atoms with van der Waals surface area (Å²) in [6, 6.07) is 19.6. The minimum atomic E-state index is -4.60. The fraction of sp³-hybridized carbons (Fsp3) is 0.185. The van der Waals surface area contributed by atoms with Crippen LogP contribution in [0, 0.1) is 6.92 Å². The van der Waals surface area contributed by atoms with Gasteiger partial charge < -0.3 is 5.32 Å². The highest BCUT2D eigenvalue weighted by Gasteiger charge is 2.30. The van der Waals surface area contributed by atoms with E-state index in [1.165, 1.54) is 12.1 Å². The van der Waals surface area contributed by atoms with Gasteiger partial charge >= 0.3 is 11.9 Å². The number of benzene rings is 3. The second-order valence-corrected chi connectivity index (χ2v) is 8.58. The van der Waals surface area contributed by atoms with E-state index in [9.17, 15) is 27.6 Å². The lowest BCUT2D eigenvalue weighted by atomic mass is 10.1. The van der Waals surface area contributed by atoms with Crippen molar-refractivity contribution in [3.63, 3.8) is 0 Å². The molecule has 0 aliphatic rings. The molecule has 0 aliphatic carbocycles. The molecule has 1 heterocycles. The molecule has 10 heteroatoms. The predicted octanol–water partition coefficient (Wildman–Crippen LogP) is 4.26. The number of aryl methyl sites for hydroxylation is 1. The van der Waals surface area contributed by atoms with E-state index in [0.29, 0.717) is 10.3 Å². The molecule has 0 bridgehead atoms. The van der Waals surface area contributed by atoms with Crippen LogP contribution in [0.3, 0.4) is 0 Å². The van der Waals surface area contributed by atoms with Gasteiger partial charge in [-0.25, -0.2) is 4.79 Å². The van der Waals surface area contributed by atoms with Crippen molar-refractivity contribution in [1.29, 1.82) is 0 Å². The molecule has 1 aromatic heterocycles. The van der Waals surface area contributed by atoms with Crippen LogP contribution < -0.4 is 16.6 Å². The predicted molar refractivity (Wildman–Crippen MR) is 132 cm³/mol. The molecule has 4 aromatic rings. The summed E-state index contributed by atoms with van der Waals surface area (Å²) >= 11 is 0. The van der Waals surface area contributed by atoms with Gasteiger partial charge in [-0.2, -0.15) is 23.0 Å². The Balaban J connectivity index is 1.82. The molecule has 1 amide bonds. The standard InChI is InChI=1S/C27H23F3N4O3/c1-17-8-6-13-22(14-17)34-26(37)33(16-19-9-7-12-21(15-19)27(28,29)30)25(36)23(32-34)24(35)31-18(2)20-10-4-3-5-11-20/h3-15,18H,16H2,1-2H3,(H,31,35)/t18-/m1/s1. The molecular weight excluding hydrogens is 485 g/mol. The van der Waals surface area contributed by atoms with E-state index in [1.807, 2.05) is 6.07 Å². The number of carbonyl (C=O) groups excluding carboxylic acids is 1. The van der Waals surface area contributed by atoms with E-state index in [4.69, 9.17) is 0 Å². The zero-order valence-electron chi connectivity index (χ0n) is 20.0. The normalized spacial score (nSPS) is 12.2. The number of aromatic nitrogens is 3. The molecule has 0 saturated heterocycles. The highest BCUT2D eigenvalue weighted by molar-refractivity contribution is 5.92. The zero-order valence-corrected chi connectivity index (χ0v) is 20.0. The number of hydrogen-bond acceptors (Lipinski definition) is 4. The Morgan fingerprint density at radius 3 is 2.35 bits per heavy atom. The van der Waals surface area contributed by atoms with Crippen LogP contribution in [0.4, 0.5) is 13.2 Å². The summed E-state index contributed by atoms with van der Waals surface area (Å²) in [5.74, 6) is -0.819. The van der Waals surface area contributed by atoms with Crippen LogP contribution in [-0.4, -0.2) is 20.3 Å². The van der Waals surface area contributed by atoms with Gasteiger partial charge in [0.25, 0.3) is 11.5 Å². The maximum Gasteiger partial charge on any atom is 0.416 e. The molecule has 0 fully saturated rings. The molecule has 7 nitrogen and oxygen atoms in total. The lowest BCUT2D eigenvalue weighted by Crippen LogP contribution is -2.46. The monoisotopic (exact) mass is 508 g/mol. The summed E-state index contributed by atoms with van der Waals surface area (Å²) in [5, 5.41) is 6.77. The van der Waals surface area contributed by atoms with Gasteiger partial charge in [-0.3, -0.25) is 14.2 Å². The SMILES string of the molecule is Cc1cccc(-n2nc(C(=O)N[C@H](C)c3ccccc3)c(=O)n(Cc3cccc(C(F)(F)F)c3)c2=O)c1. The molecule has 4 rings (SSSR count). The third kappa shape index (κ3) is 5.69. The number of halogens is 3. The average molecular weight is 509 g/mol. The van der Waals surface area contributed by atoms with Crippen molar-refractivity contribution in [3.8, 4) is 5.69 Å². The first-order chi connectivity index (χ1) is 17.5. The van der Waals surface area contributed by atoms with E-state index >= 15 is 0 Å². The number of nitrogens with zero attached hydrogens (tertiary/aromatic N) is 3. The third-order valence-electron chi connectivity index (χ3n) is 5.76. The molecule has 3 aromatic carbocycles. The maximum absolute atomic E-state index is 13.3. The first-order valence-corrected chi connectivity index (χ1v) is 11.4. The van der Waals surface area contributed by atoms with Gasteiger partial charge in [0.2, 0.25) is 5.69 Å². The summed E-state index contributed by atoms with van der Waals surface area (Å²) in [7, 11) is 0. The van der Waals surface area contributed by atoms with Crippen molar-refractivity contribution in [2.45, 2.75) is 32.6 Å². The van der Waals surface area contributed by atoms with Crippen LogP contribution in [0.15, 0.2) is 88.5 Å². The maximum atomic E-state index is 13.3. The molecule has 37 heavy (non-hydrogen) atoms. The van der Waals surface area contributed by atoms with E-state index in [2.05, 4.69) is 10.4 Å². The molecule has 1 atom stereocenters. The zero-order chi connectivity index (χ0) is 26.7. The molecule has 0 saturated carbocycles. The van der Waals surface area contributed by atoms with Crippen molar-refractivity contribution in [2.75, 3.05) is 0 Å². The lowest BCUT2D eigenvalue weighted by molar-refractivity contribution is -0.137. The van der Waals surface area contributed by atoms with Gasteiger partial charge in [-0.05, 0) is 54.8 Å². The number of amides is 1. The fourth-order valence-corrected chi connectivity index (χ4v) is 3.84. The van der Waals surface area contributed by atoms with E-state index < -0.39 is 47.2 Å². The Bertz CT molecular complexity index is 1560. The summed E-state index contributed by atoms with van der Waals surface area (Å²) in [4.78, 5) is 39.8. The summed E-state index contributed by atoms with van der Waals surface area (Å²) in [5.41, 5.74) is -1.42. The van der Waals surface area contributed by atoms with E-state index in [-0.39, 0.29) is 5.56 Å². The van der Waals surface area contributed by atoms with Gasteiger partial charge in [-0.15, -0.1) is 0 Å². The fourth-order valence-electron chi connectivity index (χ4n) is 3.84. The minimum Gasteiger partial charge on any atom is -0.344 e. The molecule has 0 radical (unpaired) electrons. The van der Waals surface area contributed by atoms with Gasteiger partial charge in [-0.1, -0.05) is 54.6 Å². The Morgan fingerprint density at radius 1 is 0.973 bits per heavy atom. The van der Waals surface area contributed by atoms with Crippen LogP contribution in [0.5, 0.6) is 0 Å². The Hall–Kier alpha value is -4.47. The van der Waals surface area contributed by atoms with Crippen molar-refractivity contribution in [3.05, 3.63) is 128 Å². The third-order valence-corrected chi connectivity index (χ3v) is 5.76. The number of alkyl halides is 3. The molecule has 1 N–H and O–H groups in total. The van der Waals surface area contributed by atoms with Crippen molar-refractivity contribution in [2.24, 2.45) is 0 Å². The van der Waals surface area contributed by atoms with Crippen LogP contribution in [0.2, 0.25) is 0 Å². The van der Waals surface area contributed by atoms with Crippen molar-refractivity contribution in [1.82, 2.24) is 19.7 Å². The van der Waals surface area contributed by atoms with E-state index in [1.54, 1.807) is 62.4 Å². The molecule has 190 valence electrons. The number of carbonyl (C=O) groups is 1. The molecular formula is C27H23F3N4O3.